The van der Waals surface area contributed by atoms with Crippen molar-refractivity contribution < 1.29 is 14.4 Å². The van der Waals surface area contributed by atoms with Gasteiger partial charge in [-0.1, -0.05) is 5.16 Å². The Bertz CT molecular complexity index is 479. The lowest BCUT2D eigenvalue weighted by atomic mass is 10.2. The molecule has 1 aromatic rings. The predicted octanol–water partition coefficient (Wildman–Crippen LogP) is 1.80. The van der Waals surface area contributed by atoms with Gasteiger partial charge in [-0.05, 0) is 41.1 Å². The van der Waals surface area contributed by atoms with E-state index in [-0.39, 0.29) is 22.8 Å². The molecule has 1 amide bonds. The summed E-state index contributed by atoms with van der Waals surface area (Å²) in [5.41, 5.74) is 5.69. The number of oxime groups is 1. The monoisotopic (exact) mass is 317 g/mol. The fourth-order valence-electron chi connectivity index (χ4n) is 1.37. The minimum absolute atomic E-state index is 0.0147. The van der Waals surface area contributed by atoms with Gasteiger partial charge in [-0.3, -0.25) is 4.79 Å². The van der Waals surface area contributed by atoms with Crippen LogP contribution in [-0.4, -0.2) is 34.9 Å². The number of halogens is 2. The highest BCUT2D eigenvalue weighted by atomic mass is 79.9. The van der Waals surface area contributed by atoms with Gasteiger partial charge in [0.05, 0.1) is 11.0 Å². The predicted molar refractivity (Wildman–Crippen MR) is 69.1 cm³/mol. The van der Waals surface area contributed by atoms with Crippen LogP contribution in [0.1, 0.15) is 17.3 Å². The van der Waals surface area contributed by atoms with Gasteiger partial charge in [0.15, 0.2) is 5.84 Å². The summed E-state index contributed by atoms with van der Waals surface area (Å²) in [5, 5.41) is 11.3. The van der Waals surface area contributed by atoms with E-state index < -0.39 is 5.82 Å². The van der Waals surface area contributed by atoms with E-state index in [0.29, 0.717) is 12.1 Å². The second kappa shape index (κ2) is 6.34. The van der Waals surface area contributed by atoms with Crippen LogP contribution in [0.15, 0.2) is 27.8 Å². The molecule has 0 bridgehead atoms. The van der Waals surface area contributed by atoms with Crippen LogP contribution < -0.4 is 5.73 Å². The molecule has 0 saturated carbocycles. The van der Waals surface area contributed by atoms with E-state index in [1.54, 1.807) is 6.92 Å². The van der Waals surface area contributed by atoms with E-state index in [2.05, 4.69) is 21.1 Å². The molecule has 5 nitrogen and oxygen atoms in total. The van der Waals surface area contributed by atoms with Crippen LogP contribution in [0.25, 0.3) is 0 Å². The Labute approximate surface area is 112 Å². The smallest absolute Gasteiger partial charge is 0.254 e. The molecule has 0 aliphatic heterocycles. The molecule has 0 aromatic heterocycles. The van der Waals surface area contributed by atoms with Crippen molar-refractivity contribution in [3.05, 3.63) is 34.1 Å². The largest absolute Gasteiger partial charge is 0.409 e. The Balaban J connectivity index is 2.93. The average Bonchev–Trinajstić information content (AvgIpc) is 2.38. The van der Waals surface area contributed by atoms with Crippen molar-refractivity contribution in [2.75, 3.05) is 13.1 Å². The summed E-state index contributed by atoms with van der Waals surface area (Å²) < 4.78 is 13.3. The Morgan fingerprint density at radius 2 is 2.28 bits per heavy atom. The Morgan fingerprint density at radius 1 is 1.61 bits per heavy atom. The Hall–Kier alpha value is -1.63. The first-order chi connectivity index (χ1) is 8.49. The van der Waals surface area contributed by atoms with E-state index in [1.165, 1.54) is 23.1 Å². The standard InChI is InChI=1S/C11H13BrFN3O2/c1-2-16(6-10(14)15-18)11(17)7-3-4-9(13)8(12)5-7/h3-5,18H,2,6H2,1H3,(H2,14,15). The molecule has 7 heteroatoms. The molecule has 98 valence electrons. The van der Waals surface area contributed by atoms with Crippen LogP contribution in [0.5, 0.6) is 0 Å². The summed E-state index contributed by atoms with van der Waals surface area (Å²) in [7, 11) is 0. The molecule has 1 rings (SSSR count). The number of nitrogens with zero attached hydrogens (tertiary/aromatic N) is 2. The summed E-state index contributed by atoms with van der Waals surface area (Å²) in [5.74, 6) is -0.817. The van der Waals surface area contributed by atoms with Crippen molar-refractivity contribution in [1.82, 2.24) is 4.90 Å². The number of carbonyl (C=O) groups excluding carboxylic acids is 1. The minimum Gasteiger partial charge on any atom is -0.409 e. The molecule has 0 radical (unpaired) electrons. The molecule has 1 aromatic carbocycles. The topological polar surface area (TPSA) is 78.9 Å². The third-order valence-electron chi connectivity index (χ3n) is 2.32. The van der Waals surface area contributed by atoms with Gasteiger partial charge < -0.3 is 15.8 Å². The number of benzene rings is 1. The highest BCUT2D eigenvalue weighted by molar-refractivity contribution is 9.10. The van der Waals surface area contributed by atoms with Gasteiger partial charge in [-0.15, -0.1) is 0 Å². The zero-order valence-electron chi connectivity index (χ0n) is 9.73. The highest BCUT2D eigenvalue weighted by Crippen LogP contribution is 2.17. The second-order valence-corrected chi connectivity index (χ2v) is 4.39. The highest BCUT2D eigenvalue weighted by Gasteiger charge is 2.16. The Morgan fingerprint density at radius 3 is 2.78 bits per heavy atom. The molecular weight excluding hydrogens is 305 g/mol. The van der Waals surface area contributed by atoms with Crippen LogP contribution in [0.4, 0.5) is 4.39 Å². The molecular formula is C11H13BrFN3O2. The number of nitrogens with two attached hydrogens (primary N) is 1. The lowest BCUT2D eigenvalue weighted by Crippen LogP contribution is -2.38. The lowest BCUT2D eigenvalue weighted by molar-refractivity contribution is 0.0786. The molecule has 3 N–H and O–H groups in total. The van der Waals surface area contributed by atoms with E-state index in [1.807, 2.05) is 0 Å². The first kappa shape index (κ1) is 14.4. The van der Waals surface area contributed by atoms with Crippen LogP contribution in [0, 0.1) is 5.82 Å². The molecule has 0 aliphatic carbocycles. The summed E-state index contributed by atoms with van der Waals surface area (Å²) in [6, 6.07) is 3.98. The SMILES string of the molecule is CCN(C/C(N)=N/O)C(=O)c1ccc(F)c(Br)c1. The number of likely N-dealkylation sites (N-methyl/N-ethyl adjacent to an activating group) is 1. The molecule has 18 heavy (non-hydrogen) atoms. The fraction of sp³-hybridized carbons (Fsp3) is 0.273. The molecule has 0 heterocycles. The second-order valence-electron chi connectivity index (χ2n) is 3.54. The maximum absolute atomic E-state index is 13.1. The van der Waals surface area contributed by atoms with E-state index in [4.69, 9.17) is 10.9 Å². The molecule has 0 atom stereocenters. The normalized spacial score (nSPS) is 11.4. The van der Waals surface area contributed by atoms with Crippen molar-refractivity contribution >= 4 is 27.7 Å². The van der Waals surface area contributed by atoms with Gasteiger partial charge >= 0.3 is 0 Å². The van der Waals surface area contributed by atoms with Crippen molar-refractivity contribution in [3.63, 3.8) is 0 Å². The number of hydrogen-bond acceptors (Lipinski definition) is 3. The van der Waals surface area contributed by atoms with Crippen LogP contribution in [0.2, 0.25) is 0 Å². The first-order valence-electron chi connectivity index (χ1n) is 5.20. The summed E-state index contributed by atoms with van der Waals surface area (Å²) in [6.07, 6.45) is 0. The summed E-state index contributed by atoms with van der Waals surface area (Å²) >= 11 is 3.02. The maximum Gasteiger partial charge on any atom is 0.254 e. The van der Waals surface area contributed by atoms with E-state index in [0.717, 1.165) is 0 Å². The first-order valence-corrected chi connectivity index (χ1v) is 5.99. The number of amides is 1. The van der Waals surface area contributed by atoms with E-state index >= 15 is 0 Å². The minimum atomic E-state index is -0.439. The van der Waals surface area contributed by atoms with Gasteiger partial charge in [-0.2, -0.15) is 0 Å². The van der Waals surface area contributed by atoms with Crippen molar-refractivity contribution in [3.8, 4) is 0 Å². The van der Waals surface area contributed by atoms with Gasteiger partial charge in [0.25, 0.3) is 5.91 Å². The van der Waals surface area contributed by atoms with Gasteiger partial charge in [0.1, 0.15) is 5.82 Å². The zero-order chi connectivity index (χ0) is 13.7. The third-order valence-corrected chi connectivity index (χ3v) is 2.92. The third kappa shape index (κ3) is 3.43. The Kier molecular flexibility index (Phi) is 5.08. The number of hydrogen-bond donors (Lipinski definition) is 2. The van der Waals surface area contributed by atoms with Crippen molar-refractivity contribution in [1.29, 1.82) is 0 Å². The summed E-state index contributed by atoms with van der Waals surface area (Å²) in [4.78, 5) is 13.5. The van der Waals surface area contributed by atoms with Crippen molar-refractivity contribution in [2.24, 2.45) is 10.9 Å². The number of amidine groups is 1. The molecule has 0 aliphatic rings. The quantitative estimate of drug-likeness (QED) is 0.384. The fourth-order valence-corrected chi connectivity index (χ4v) is 1.74. The zero-order valence-corrected chi connectivity index (χ0v) is 11.3. The van der Waals surface area contributed by atoms with E-state index in [9.17, 15) is 9.18 Å². The average molecular weight is 318 g/mol. The van der Waals surface area contributed by atoms with Crippen LogP contribution >= 0.6 is 15.9 Å². The van der Waals surface area contributed by atoms with Crippen LogP contribution in [0.3, 0.4) is 0 Å². The molecule has 0 fully saturated rings. The lowest BCUT2D eigenvalue weighted by Gasteiger charge is -2.20. The molecule has 0 spiro atoms. The summed E-state index contributed by atoms with van der Waals surface area (Å²) in [6.45, 7) is 2.17. The molecule has 0 saturated heterocycles. The van der Waals surface area contributed by atoms with Gasteiger partial charge in [0.2, 0.25) is 0 Å². The number of rotatable bonds is 4. The maximum atomic E-state index is 13.1. The van der Waals surface area contributed by atoms with Gasteiger partial charge in [0, 0.05) is 12.1 Å². The van der Waals surface area contributed by atoms with Crippen molar-refractivity contribution in [2.45, 2.75) is 6.92 Å². The van der Waals surface area contributed by atoms with Gasteiger partial charge in [-0.25, -0.2) is 4.39 Å². The number of carbonyl (C=O) groups is 1. The van der Waals surface area contributed by atoms with Crippen LogP contribution in [-0.2, 0) is 0 Å². The molecule has 0 unspecified atom stereocenters.